The van der Waals surface area contributed by atoms with E-state index in [0.29, 0.717) is 6.54 Å². The standard InChI is InChI=1S/C30H28N2O/c33-30(31-19-18-22-8-4-5-12-26(22)21-31)24-14-16-27(17-15-24)32-28-13-7-6-11-25(28)20-29(32)23-9-2-1-3-10-23/h1-5,8-10,12,14-17,20H,6-7,11,13,18-19,21H2. The lowest BCUT2D eigenvalue weighted by Crippen LogP contribution is -2.35. The lowest BCUT2D eigenvalue weighted by atomic mass is 9.98. The Morgan fingerprint density at radius 2 is 1.42 bits per heavy atom. The Labute approximate surface area is 195 Å². The minimum Gasteiger partial charge on any atom is -0.334 e. The van der Waals surface area contributed by atoms with E-state index in [1.165, 1.54) is 46.5 Å². The maximum absolute atomic E-state index is 13.2. The van der Waals surface area contributed by atoms with Crippen molar-refractivity contribution < 1.29 is 4.79 Å². The number of fused-ring (bicyclic) bond motifs is 2. The summed E-state index contributed by atoms with van der Waals surface area (Å²) in [7, 11) is 0. The van der Waals surface area contributed by atoms with Crippen LogP contribution in [0.5, 0.6) is 0 Å². The Morgan fingerprint density at radius 1 is 0.697 bits per heavy atom. The largest absolute Gasteiger partial charge is 0.334 e. The van der Waals surface area contributed by atoms with Gasteiger partial charge in [-0.25, -0.2) is 0 Å². The summed E-state index contributed by atoms with van der Waals surface area (Å²) in [5.74, 6) is 0.119. The predicted molar refractivity (Wildman–Crippen MR) is 133 cm³/mol. The number of carbonyl (C=O) groups excluding carboxylic acids is 1. The highest BCUT2D eigenvalue weighted by molar-refractivity contribution is 5.94. The number of hydrogen-bond donors (Lipinski definition) is 0. The summed E-state index contributed by atoms with van der Waals surface area (Å²) in [5, 5.41) is 0. The summed E-state index contributed by atoms with van der Waals surface area (Å²) in [5.41, 5.74) is 9.90. The average molecular weight is 433 g/mol. The summed E-state index contributed by atoms with van der Waals surface area (Å²) in [4.78, 5) is 15.2. The summed E-state index contributed by atoms with van der Waals surface area (Å²) in [6.07, 6.45) is 5.68. The van der Waals surface area contributed by atoms with Crippen LogP contribution in [0.25, 0.3) is 16.9 Å². The van der Waals surface area contributed by atoms with Gasteiger partial charge in [0.05, 0.1) is 5.69 Å². The first kappa shape index (κ1) is 20.0. The molecule has 0 bridgehead atoms. The molecule has 3 nitrogen and oxygen atoms in total. The highest BCUT2D eigenvalue weighted by atomic mass is 16.2. The Balaban J connectivity index is 1.32. The summed E-state index contributed by atoms with van der Waals surface area (Å²) >= 11 is 0. The third kappa shape index (κ3) is 3.68. The van der Waals surface area contributed by atoms with E-state index in [0.717, 1.165) is 37.1 Å². The van der Waals surface area contributed by atoms with Crippen LogP contribution in [0.15, 0.2) is 84.9 Å². The Morgan fingerprint density at radius 3 is 2.24 bits per heavy atom. The van der Waals surface area contributed by atoms with E-state index in [1.54, 1.807) is 0 Å². The zero-order chi connectivity index (χ0) is 22.2. The molecule has 0 saturated carbocycles. The number of benzene rings is 3. The molecule has 0 unspecified atom stereocenters. The number of rotatable bonds is 3. The van der Waals surface area contributed by atoms with Crippen LogP contribution in [-0.4, -0.2) is 21.9 Å². The molecular weight excluding hydrogens is 404 g/mol. The highest BCUT2D eigenvalue weighted by Crippen LogP contribution is 2.34. The predicted octanol–water partition coefficient (Wildman–Crippen LogP) is 6.22. The first-order chi connectivity index (χ1) is 16.3. The third-order valence-electron chi connectivity index (χ3n) is 7.16. The molecule has 3 aromatic carbocycles. The molecular formula is C30H28N2O. The molecule has 33 heavy (non-hydrogen) atoms. The zero-order valence-electron chi connectivity index (χ0n) is 18.8. The molecule has 0 saturated heterocycles. The summed E-state index contributed by atoms with van der Waals surface area (Å²) in [6.45, 7) is 1.47. The first-order valence-corrected chi connectivity index (χ1v) is 12.0. The maximum atomic E-state index is 13.2. The average Bonchev–Trinajstić information content (AvgIpc) is 3.28. The van der Waals surface area contributed by atoms with E-state index >= 15 is 0 Å². The van der Waals surface area contributed by atoms with Gasteiger partial charge in [-0.2, -0.15) is 0 Å². The van der Waals surface area contributed by atoms with Gasteiger partial charge in [-0.3, -0.25) is 4.79 Å². The second-order valence-corrected chi connectivity index (χ2v) is 9.20. The van der Waals surface area contributed by atoms with Crippen LogP contribution in [0.2, 0.25) is 0 Å². The SMILES string of the molecule is O=C(c1ccc(-n2c(-c3ccccc3)cc3c2CCCC3)cc1)N1CCc2ccccc2C1. The number of aryl methyl sites for hydroxylation is 1. The van der Waals surface area contributed by atoms with Gasteiger partial charge in [0.25, 0.3) is 5.91 Å². The topological polar surface area (TPSA) is 25.2 Å². The van der Waals surface area contributed by atoms with Gasteiger partial charge in [-0.1, -0.05) is 54.6 Å². The van der Waals surface area contributed by atoms with Crippen LogP contribution >= 0.6 is 0 Å². The van der Waals surface area contributed by atoms with Crippen molar-refractivity contribution in [2.24, 2.45) is 0 Å². The highest BCUT2D eigenvalue weighted by Gasteiger charge is 2.23. The van der Waals surface area contributed by atoms with Crippen LogP contribution in [0.4, 0.5) is 0 Å². The smallest absolute Gasteiger partial charge is 0.254 e. The van der Waals surface area contributed by atoms with Crippen molar-refractivity contribution in [1.29, 1.82) is 0 Å². The molecule has 1 amide bonds. The summed E-state index contributed by atoms with van der Waals surface area (Å²) < 4.78 is 2.41. The Hall–Kier alpha value is -3.59. The van der Waals surface area contributed by atoms with E-state index in [-0.39, 0.29) is 5.91 Å². The van der Waals surface area contributed by atoms with Crippen molar-refractivity contribution in [3.8, 4) is 16.9 Å². The van der Waals surface area contributed by atoms with Crippen LogP contribution in [0.3, 0.4) is 0 Å². The van der Waals surface area contributed by atoms with Gasteiger partial charge in [0, 0.05) is 30.0 Å². The fourth-order valence-electron chi connectivity index (χ4n) is 5.42. The molecule has 6 rings (SSSR count). The number of hydrogen-bond acceptors (Lipinski definition) is 1. The molecule has 1 aliphatic heterocycles. The van der Waals surface area contributed by atoms with Crippen molar-refractivity contribution >= 4 is 5.91 Å². The number of nitrogens with zero attached hydrogens (tertiary/aromatic N) is 2. The second kappa shape index (κ2) is 8.40. The summed E-state index contributed by atoms with van der Waals surface area (Å²) in [6, 6.07) is 29.7. The van der Waals surface area contributed by atoms with Gasteiger partial charge in [0.15, 0.2) is 0 Å². The lowest BCUT2D eigenvalue weighted by molar-refractivity contribution is 0.0734. The number of aromatic nitrogens is 1. The molecule has 2 heterocycles. The van der Waals surface area contributed by atoms with E-state index in [4.69, 9.17) is 0 Å². The number of carbonyl (C=O) groups is 1. The van der Waals surface area contributed by atoms with E-state index in [2.05, 4.69) is 77.4 Å². The van der Waals surface area contributed by atoms with Gasteiger partial charge in [0.2, 0.25) is 0 Å². The van der Waals surface area contributed by atoms with Gasteiger partial charge >= 0.3 is 0 Å². The van der Waals surface area contributed by atoms with Crippen LogP contribution in [-0.2, 0) is 25.8 Å². The molecule has 164 valence electrons. The fourth-order valence-corrected chi connectivity index (χ4v) is 5.42. The minimum atomic E-state index is 0.119. The minimum absolute atomic E-state index is 0.119. The van der Waals surface area contributed by atoms with Crippen molar-refractivity contribution in [3.05, 3.63) is 113 Å². The van der Waals surface area contributed by atoms with Crippen LogP contribution < -0.4 is 0 Å². The van der Waals surface area contributed by atoms with E-state index in [1.807, 2.05) is 17.0 Å². The molecule has 4 aromatic rings. The molecule has 0 fully saturated rings. The van der Waals surface area contributed by atoms with Crippen LogP contribution in [0, 0.1) is 0 Å². The van der Waals surface area contributed by atoms with Crippen molar-refractivity contribution in [2.45, 2.75) is 38.6 Å². The molecule has 3 heteroatoms. The second-order valence-electron chi connectivity index (χ2n) is 9.20. The Kier molecular flexibility index (Phi) is 5.10. The normalized spacial score (nSPS) is 15.1. The zero-order valence-corrected chi connectivity index (χ0v) is 18.8. The van der Waals surface area contributed by atoms with Crippen LogP contribution in [0.1, 0.15) is 45.6 Å². The van der Waals surface area contributed by atoms with Gasteiger partial charge in [0.1, 0.15) is 0 Å². The van der Waals surface area contributed by atoms with Crippen molar-refractivity contribution in [1.82, 2.24) is 9.47 Å². The molecule has 1 aliphatic carbocycles. The van der Waals surface area contributed by atoms with Crippen molar-refractivity contribution in [2.75, 3.05) is 6.54 Å². The lowest BCUT2D eigenvalue weighted by Gasteiger charge is -2.29. The molecule has 0 N–H and O–H groups in total. The molecule has 0 spiro atoms. The van der Waals surface area contributed by atoms with Gasteiger partial charge in [-0.05, 0) is 84.7 Å². The molecule has 1 aromatic heterocycles. The fraction of sp³-hybridized carbons (Fsp3) is 0.233. The third-order valence-corrected chi connectivity index (χ3v) is 7.16. The maximum Gasteiger partial charge on any atom is 0.254 e. The monoisotopic (exact) mass is 432 g/mol. The van der Waals surface area contributed by atoms with Gasteiger partial charge < -0.3 is 9.47 Å². The molecule has 2 aliphatic rings. The first-order valence-electron chi connectivity index (χ1n) is 12.0. The van der Waals surface area contributed by atoms with E-state index < -0.39 is 0 Å². The number of amides is 1. The van der Waals surface area contributed by atoms with Gasteiger partial charge in [-0.15, -0.1) is 0 Å². The molecule has 0 atom stereocenters. The van der Waals surface area contributed by atoms with E-state index in [9.17, 15) is 4.79 Å². The quantitative estimate of drug-likeness (QED) is 0.377. The Bertz CT molecular complexity index is 1300. The molecule has 0 radical (unpaired) electrons. The van der Waals surface area contributed by atoms with Crippen molar-refractivity contribution in [3.63, 3.8) is 0 Å².